The van der Waals surface area contributed by atoms with Gasteiger partial charge in [0.05, 0.1) is 6.10 Å². The molecule has 1 N–H and O–H groups in total. The molecular weight excluding hydrogens is 231 g/mol. The number of hydrogen-bond acceptors (Lipinski definition) is 3. The first-order valence-corrected chi connectivity index (χ1v) is 7.86. The largest absolute Gasteiger partial charge is 0.387 e. The summed E-state index contributed by atoms with van der Waals surface area (Å²) in [6.07, 6.45) is -0.232. The minimum Gasteiger partial charge on any atom is -0.316 e. The molecule has 0 saturated heterocycles. The summed E-state index contributed by atoms with van der Waals surface area (Å²) in [6, 6.07) is 9.56. The summed E-state index contributed by atoms with van der Waals surface area (Å²) in [5.41, 5.74) is 1.02. The Kier molecular flexibility index (Phi) is 4.87. The monoisotopic (exact) mass is 246 g/mol. The molecule has 1 aromatic carbocycles. The second-order valence-corrected chi connectivity index (χ2v) is 7.24. The van der Waals surface area contributed by atoms with Gasteiger partial charge >= 0.3 is 6.80 Å². The fourth-order valence-corrected chi connectivity index (χ4v) is 3.76. The first kappa shape index (κ1) is 12.8. The fraction of sp³-hybridized carbons (Fsp3) is 0.400. The third-order valence-corrected chi connectivity index (χ3v) is 4.68. The molecule has 0 bridgehead atoms. The van der Waals surface area contributed by atoms with E-state index in [-0.39, 0.29) is 6.10 Å². The predicted octanol–water partition coefficient (Wildman–Crippen LogP) is 3.45. The zero-order valence-corrected chi connectivity index (χ0v) is 10.5. The summed E-state index contributed by atoms with van der Waals surface area (Å²) in [4.78, 5) is 9.44. The molecule has 0 aromatic heterocycles. The maximum Gasteiger partial charge on any atom is 0.387 e. The molecule has 84 valence electrons. The number of benzene rings is 1. The smallest absolute Gasteiger partial charge is 0.316 e. The molecule has 1 atom stereocenters. The Morgan fingerprint density at radius 1 is 1.40 bits per heavy atom. The lowest BCUT2D eigenvalue weighted by Gasteiger charge is -2.13. The van der Waals surface area contributed by atoms with E-state index in [4.69, 9.17) is 4.52 Å². The number of hydrogen-bond donors (Lipinski definition) is 1. The molecule has 0 fully saturated rings. The molecule has 5 heteroatoms. The Morgan fingerprint density at radius 2 is 2.00 bits per heavy atom. The predicted molar refractivity (Wildman–Crippen MR) is 63.8 cm³/mol. The van der Waals surface area contributed by atoms with Gasteiger partial charge in [0.25, 0.3) is 0 Å². The van der Waals surface area contributed by atoms with E-state index in [2.05, 4.69) is 0 Å². The highest BCUT2D eigenvalue weighted by molar-refractivity contribution is 8.54. The lowest BCUT2D eigenvalue weighted by Crippen LogP contribution is -1.98. The molecule has 0 aliphatic rings. The maximum absolute atomic E-state index is 11.5. The van der Waals surface area contributed by atoms with Gasteiger partial charge in [-0.1, -0.05) is 30.3 Å². The van der Waals surface area contributed by atoms with Crippen LogP contribution in [0.4, 0.5) is 0 Å². The van der Waals surface area contributed by atoms with Gasteiger partial charge in [-0.25, -0.2) is 4.57 Å². The van der Waals surface area contributed by atoms with Gasteiger partial charge in [-0.15, -0.1) is 0 Å². The van der Waals surface area contributed by atoms with Crippen molar-refractivity contribution in [3.63, 3.8) is 0 Å². The zero-order chi connectivity index (χ0) is 11.3. The number of rotatable bonds is 5. The third-order valence-electron chi connectivity index (χ3n) is 1.58. The van der Waals surface area contributed by atoms with Gasteiger partial charge < -0.3 is 4.89 Å². The molecular formula is C10H15O3PS. The van der Waals surface area contributed by atoms with Crippen LogP contribution < -0.4 is 0 Å². The van der Waals surface area contributed by atoms with E-state index in [1.165, 1.54) is 0 Å². The van der Waals surface area contributed by atoms with Crippen LogP contribution in [0.3, 0.4) is 0 Å². The average Bonchev–Trinajstić information content (AvgIpc) is 2.15. The van der Waals surface area contributed by atoms with Crippen molar-refractivity contribution in [3.8, 4) is 0 Å². The summed E-state index contributed by atoms with van der Waals surface area (Å²) < 4.78 is 16.4. The van der Waals surface area contributed by atoms with Gasteiger partial charge in [-0.3, -0.25) is 4.52 Å². The van der Waals surface area contributed by atoms with Crippen LogP contribution in [-0.4, -0.2) is 11.0 Å². The molecule has 0 amide bonds. The summed E-state index contributed by atoms with van der Waals surface area (Å²) in [5.74, 6) is 0.487. The normalized spacial score (nSPS) is 15.2. The lowest BCUT2D eigenvalue weighted by molar-refractivity contribution is 0.217. The van der Waals surface area contributed by atoms with Crippen LogP contribution in [0.1, 0.15) is 19.4 Å². The Labute approximate surface area is 94.1 Å². The maximum atomic E-state index is 11.5. The summed E-state index contributed by atoms with van der Waals surface area (Å²) in [5, 5.41) is 0. The van der Waals surface area contributed by atoms with Crippen molar-refractivity contribution in [1.29, 1.82) is 0 Å². The SMILES string of the molecule is CC(C)OP(=O)(O)SCc1ccccc1. The second-order valence-electron chi connectivity index (χ2n) is 3.38. The Balaban J connectivity index is 2.46. The Morgan fingerprint density at radius 3 is 2.53 bits per heavy atom. The molecule has 0 heterocycles. The molecule has 15 heavy (non-hydrogen) atoms. The Hall–Kier alpha value is -0.280. The minimum atomic E-state index is -3.50. The first-order chi connectivity index (χ1) is 6.99. The summed E-state index contributed by atoms with van der Waals surface area (Å²) in [6.45, 7) is -0.0134. The van der Waals surface area contributed by atoms with Crippen LogP contribution in [0, 0.1) is 0 Å². The van der Waals surface area contributed by atoms with Crippen LogP contribution in [0.5, 0.6) is 0 Å². The highest BCUT2D eigenvalue weighted by Gasteiger charge is 2.21. The van der Waals surface area contributed by atoms with Crippen molar-refractivity contribution < 1.29 is 14.0 Å². The van der Waals surface area contributed by atoms with Crippen molar-refractivity contribution in [2.24, 2.45) is 0 Å². The van der Waals surface area contributed by atoms with Crippen LogP contribution in [-0.2, 0) is 14.8 Å². The fourth-order valence-electron chi connectivity index (χ4n) is 1.03. The summed E-state index contributed by atoms with van der Waals surface area (Å²) in [7, 11) is 0. The Bertz CT molecular complexity index is 340. The molecule has 1 aromatic rings. The zero-order valence-electron chi connectivity index (χ0n) is 8.79. The van der Waals surface area contributed by atoms with Gasteiger partial charge in [-0.05, 0) is 30.8 Å². The van der Waals surface area contributed by atoms with Crippen LogP contribution in [0.15, 0.2) is 30.3 Å². The van der Waals surface area contributed by atoms with E-state index in [0.29, 0.717) is 5.75 Å². The molecule has 0 aliphatic heterocycles. The molecule has 1 rings (SSSR count). The van der Waals surface area contributed by atoms with E-state index >= 15 is 0 Å². The van der Waals surface area contributed by atoms with Crippen LogP contribution >= 0.6 is 18.2 Å². The lowest BCUT2D eigenvalue weighted by atomic mass is 10.2. The van der Waals surface area contributed by atoms with Crippen molar-refractivity contribution in [1.82, 2.24) is 0 Å². The van der Waals surface area contributed by atoms with Gasteiger partial charge in [0.15, 0.2) is 0 Å². The highest BCUT2D eigenvalue weighted by Crippen LogP contribution is 2.57. The van der Waals surface area contributed by atoms with Gasteiger partial charge in [0.1, 0.15) is 0 Å². The molecule has 3 nitrogen and oxygen atoms in total. The molecule has 0 aliphatic carbocycles. The van der Waals surface area contributed by atoms with E-state index in [9.17, 15) is 9.46 Å². The van der Waals surface area contributed by atoms with Gasteiger partial charge in [-0.2, -0.15) is 0 Å². The van der Waals surface area contributed by atoms with Crippen molar-refractivity contribution >= 4 is 18.2 Å². The van der Waals surface area contributed by atoms with Gasteiger partial charge in [0, 0.05) is 5.75 Å². The first-order valence-electron chi connectivity index (χ1n) is 4.69. The molecule has 0 saturated carbocycles. The van der Waals surface area contributed by atoms with Crippen molar-refractivity contribution in [3.05, 3.63) is 35.9 Å². The topological polar surface area (TPSA) is 46.5 Å². The standard InChI is InChI=1S/C10H15O3PS/c1-9(2)13-14(11,12)15-8-10-6-4-3-5-7-10/h3-7,9H,8H2,1-2H3,(H,11,12). The van der Waals surface area contributed by atoms with Crippen LogP contribution in [0.2, 0.25) is 0 Å². The third kappa shape index (κ3) is 5.38. The van der Waals surface area contributed by atoms with E-state index in [1.807, 2.05) is 30.3 Å². The van der Waals surface area contributed by atoms with E-state index in [1.54, 1.807) is 13.8 Å². The molecule has 1 unspecified atom stereocenters. The second kappa shape index (κ2) is 5.71. The quantitative estimate of drug-likeness (QED) is 0.808. The highest BCUT2D eigenvalue weighted by atomic mass is 32.7. The van der Waals surface area contributed by atoms with Crippen LogP contribution in [0.25, 0.3) is 0 Å². The molecule has 0 radical (unpaired) electrons. The average molecular weight is 246 g/mol. The van der Waals surface area contributed by atoms with E-state index in [0.717, 1.165) is 16.9 Å². The minimum absolute atomic E-state index is 0.232. The van der Waals surface area contributed by atoms with Crippen molar-refractivity contribution in [2.75, 3.05) is 0 Å². The van der Waals surface area contributed by atoms with E-state index < -0.39 is 6.80 Å². The molecule has 0 spiro atoms. The van der Waals surface area contributed by atoms with Gasteiger partial charge in [0.2, 0.25) is 0 Å². The summed E-state index contributed by atoms with van der Waals surface area (Å²) >= 11 is 0.949. The van der Waals surface area contributed by atoms with Crippen molar-refractivity contribution in [2.45, 2.75) is 25.7 Å².